The number of alkyl halides is 4. The van der Waals surface area contributed by atoms with Crippen molar-refractivity contribution in [3.8, 4) is 0 Å². The Morgan fingerprint density at radius 3 is 2.06 bits per heavy atom. The number of amides is 3. The Balaban J connectivity index is 1.86. The van der Waals surface area contributed by atoms with Crippen LogP contribution in [0.4, 0.5) is 0 Å². The van der Waals surface area contributed by atoms with Gasteiger partial charge < -0.3 is 9.64 Å². The smallest absolute Gasteiger partial charge is 0.330 e. The van der Waals surface area contributed by atoms with Gasteiger partial charge in [0, 0.05) is 0 Å². The largest absolute Gasteiger partial charge is 0.460 e. The van der Waals surface area contributed by atoms with E-state index in [1.165, 1.54) is 12.1 Å². The van der Waals surface area contributed by atoms with Crippen molar-refractivity contribution in [2.75, 3.05) is 6.61 Å². The molecular weight excluding hydrogens is 534 g/mol. The van der Waals surface area contributed by atoms with Gasteiger partial charge in [-0.2, -0.15) is 0 Å². The highest BCUT2D eigenvalue weighted by Crippen LogP contribution is 2.42. The number of likely N-dealkylation sites (tertiary alicyclic amines) is 1. The molecule has 0 bridgehead atoms. The van der Waals surface area contributed by atoms with Crippen LogP contribution in [-0.2, 0) is 14.3 Å². The number of hydrogen-bond acceptors (Lipinski definition) is 6. The Kier molecular flexibility index (Phi) is 7.02. The van der Waals surface area contributed by atoms with Gasteiger partial charge in [0.05, 0.1) is 15.9 Å². The van der Waals surface area contributed by atoms with E-state index in [4.69, 9.17) is 61.8 Å². The molecule has 2 heterocycles. The first-order valence-electron chi connectivity index (χ1n) is 8.78. The maximum Gasteiger partial charge on any atom is 0.330 e. The molecule has 3 amide bonds. The van der Waals surface area contributed by atoms with Crippen LogP contribution >= 0.6 is 68.1 Å². The number of halogens is 5. The summed E-state index contributed by atoms with van der Waals surface area (Å²) in [7, 11) is 6.72. The minimum Gasteiger partial charge on any atom is -0.460 e. The lowest BCUT2D eigenvalue weighted by Crippen LogP contribution is -2.75. The van der Waals surface area contributed by atoms with E-state index < -0.39 is 56.4 Å². The van der Waals surface area contributed by atoms with Gasteiger partial charge in [0.2, 0.25) is 3.79 Å². The maximum absolute atomic E-state index is 13.1. The molecule has 1 fully saturated rings. The number of benzene rings is 1. The fourth-order valence-corrected chi connectivity index (χ4v) is 4.57. The van der Waals surface area contributed by atoms with Crippen LogP contribution in [-0.4, -0.2) is 66.2 Å². The Morgan fingerprint density at radius 1 is 1.13 bits per heavy atom. The Bertz CT molecular complexity index is 919. The predicted molar refractivity (Wildman–Crippen MR) is 120 cm³/mol. The number of fused-ring (bicyclic) bond motifs is 1. The van der Waals surface area contributed by atoms with Gasteiger partial charge in [-0.1, -0.05) is 58.5 Å². The molecule has 0 spiro atoms. The third-order valence-corrected chi connectivity index (χ3v) is 7.46. The van der Waals surface area contributed by atoms with Crippen molar-refractivity contribution in [1.29, 1.82) is 0 Å². The summed E-state index contributed by atoms with van der Waals surface area (Å²) in [5, 5.41) is 0. The van der Waals surface area contributed by atoms with E-state index in [1.54, 1.807) is 26.0 Å². The van der Waals surface area contributed by atoms with Gasteiger partial charge >= 0.3 is 5.97 Å². The van der Waals surface area contributed by atoms with Crippen LogP contribution in [0.15, 0.2) is 24.3 Å². The van der Waals surface area contributed by atoms with Gasteiger partial charge in [-0.15, -0.1) is 0 Å². The van der Waals surface area contributed by atoms with E-state index in [0.717, 1.165) is 20.8 Å². The minimum atomic E-state index is -1.86. The van der Waals surface area contributed by atoms with E-state index in [0.29, 0.717) is 0 Å². The SMILES string of the molecule is CC(C)(SCl)C(C(=O)OCC(Cl)(Cl)Cl)N1C(=O)[C@H](N2C(=O)c3ccccc3C2=O)[C@H]1Cl. The zero-order valence-corrected chi connectivity index (χ0v) is 20.6. The highest BCUT2D eigenvalue weighted by Gasteiger charge is 2.61. The minimum absolute atomic E-state index is 0.179. The number of imide groups is 1. The molecular formula is C18H15Cl5N2O5S. The van der Waals surface area contributed by atoms with Gasteiger partial charge in [0.15, 0.2) is 6.04 Å². The number of hydrogen-bond donors (Lipinski definition) is 0. The zero-order valence-electron chi connectivity index (χ0n) is 16.0. The molecule has 1 unspecified atom stereocenters. The van der Waals surface area contributed by atoms with Crippen molar-refractivity contribution in [3.63, 3.8) is 0 Å². The van der Waals surface area contributed by atoms with Crippen LogP contribution in [0.3, 0.4) is 0 Å². The lowest BCUT2D eigenvalue weighted by molar-refractivity contribution is -0.168. The molecule has 0 aliphatic carbocycles. The van der Waals surface area contributed by atoms with Gasteiger partial charge in [-0.3, -0.25) is 19.3 Å². The summed E-state index contributed by atoms with van der Waals surface area (Å²) >= 11 is 23.3. The van der Waals surface area contributed by atoms with Crippen LogP contribution in [0.5, 0.6) is 0 Å². The lowest BCUT2D eigenvalue weighted by Gasteiger charge is -2.51. The summed E-state index contributed by atoms with van der Waals surface area (Å²) in [5.41, 5.74) is -0.834. The molecule has 2 aliphatic rings. The molecule has 0 N–H and O–H groups in total. The first kappa shape index (κ1) is 24.7. The molecule has 0 saturated carbocycles. The standard InChI is InChI=1S/C18H15Cl5N2O5S/c1-17(2,31-23)11(16(29)30-7-18(20,21)22)25-12(19)10(15(25)28)24-13(26)8-5-3-4-6-9(8)14(24)27/h3-6,10-12H,7H2,1-2H3/t10-,11?,12+/m1/s1. The van der Waals surface area contributed by atoms with Crippen LogP contribution in [0, 0.1) is 0 Å². The summed E-state index contributed by atoms with van der Waals surface area (Å²) in [6.45, 7) is 2.63. The molecule has 168 valence electrons. The molecule has 2 aliphatic heterocycles. The van der Waals surface area contributed by atoms with Crippen LogP contribution in [0.25, 0.3) is 0 Å². The van der Waals surface area contributed by atoms with Crippen molar-refractivity contribution < 1.29 is 23.9 Å². The van der Waals surface area contributed by atoms with Crippen LogP contribution in [0.2, 0.25) is 0 Å². The third-order valence-electron chi connectivity index (χ3n) is 4.87. The van der Waals surface area contributed by atoms with E-state index in [2.05, 4.69) is 0 Å². The Hall–Kier alpha value is -0.900. The molecule has 13 heteroatoms. The van der Waals surface area contributed by atoms with Gasteiger partial charge in [0.25, 0.3) is 17.7 Å². The highest BCUT2D eigenvalue weighted by atomic mass is 35.7. The summed E-state index contributed by atoms with van der Waals surface area (Å²) in [4.78, 5) is 53.1. The number of esters is 1. The van der Waals surface area contributed by atoms with E-state index in [1.807, 2.05) is 0 Å². The van der Waals surface area contributed by atoms with Crippen molar-refractivity contribution in [2.45, 2.75) is 40.0 Å². The average molecular weight is 549 g/mol. The molecule has 1 aromatic carbocycles. The number of carbonyl (C=O) groups is 4. The van der Waals surface area contributed by atoms with E-state index in [-0.39, 0.29) is 11.1 Å². The first-order chi connectivity index (χ1) is 14.3. The Labute approximate surface area is 206 Å². The number of nitrogens with zero attached hydrogens (tertiary/aromatic N) is 2. The van der Waals surface area contributed by atoms with Gasteiger partial charge in [-0.25, -0.2) is 4.79 Å². The monoisotopic (exact) mass is 546 g/mol. The van der Waals surface area contributed by atoms with E-state index >= 15 is 0 Å². The van der Waals surface area contributed by atoms with Gasteiger partial charge in [0.1, 0.15) is 18.1 Å². The number of ether oxygens (including phenoxy) is 1. The van der Waals surface area contributed by atoms with Crippen molar-refractivity contribution in [1.82, 2.24) is 9.80 Å². The molecule has 3 rings (SSSR count). The number of carbonyl (C=O) groups excluding carboxylic acids is 4. The van der Waals surface area contributed by atoms with Gasteiger partial charge in [-0.05, 0) is 47.6 Å². The third kappa shape index (κ3) is 4.48. The maximum atomic E-state index is 13.1. The summed E-state index contributed by atoms with van der Waals surface area (Å²) in [6, 6.07) is 3.64. The normalized spacial score (nSPS) is 22.4. The average Bonchev–Trinajstić information content (AvgIpc) is 2.95. The lowest BCUT2D eigenvalue weighted by atomic mass is 9.94. The molecule has 7 nitrogen and oxygen atoms in total. The second-order valence-electron chi connectivity index (χ2n) is 7.39. The zero-order chi connectivity index (χ0) is 23.3. The van der Waals surface area contributed by atoms with E-state index in [9.17, 15) is 19.2 Å². The first-order valence-corrected chi connectivity index (χ1v) is 12.0. The molecule has 31 heavy (non-hydrogen) atoms. The quantitative estimate of drug-likeness (QED) is 0.176. The summed E-state index contributed by atoms with van der Waals surface area (Å²) < 4.78 is 2.13. The molecule has 1 aromatic rings. The number of β-lactam (4-membered cyclic amide) rings is 1. The highest BCUT2D eigenvalue weighted by molar-refractivity contribution is 8.22. The molecule has 0 aromatic heterocycles. The van der Waals surface area contributed by atoms with Crippen molar-refractivity contribution >= 4 is 91.8 Å². The summed E-state index contributed by atoms with van der Waals surface area (Å²) in [6.07, 6.45) is 0. The predicted octanol–water partition coefficient (Wildman–Crippen LogP) is 4.01. The molecule has 3 atom stereocenters. The van der Waals surface area contributed by atoms with Crippen molar-refractivity contribution in [3.05, 3.63) is 35.4 Å². The van der Waals surface area contributed by atoms with Crippen molar-refractivity contribution in [2.24, 2.45) is 0 Å². The number of rotatable bonds is 6. The van der Waals surface area contributed by atoms with Crippen LogP contribution < -0.4 is 0 Å². The summed E-state index contributed by atoms with van der Waals surface area (Å²) in [5.74, 6) is -2.87. The fourth-order valence-electron chi connectivity index (χ4n) is 3.43. The molecule has 1 saturated heterocycles. The second kappa shape index (κ2) is 8.80. The fraction of sp³-hybridized carbons (Fsp3) is 0.444. The van der Waals surface area contributed by atoms with Crippen LogP contribution in [0.1, 0.15) is 34.6 Å². The molecule has 0 radical (unpaired) electrons. The Morgan fingerprint density at radius 2 is 1.65 bits per heavy atom. The second-order valence-corrected chi connectivity index (χ2v) is 12.0. The topological polar surface area (TPSA) is 84.0 Å².